The fourth-order valence-corrected chi connectivity index (χ4v) is 0. The lowest BCUT2D eigenvalue weighted by Crippen LogP contribution is -1.25. The van der Waals surface area contributed by atoms with E-state index in [0.717, 1.165) is 7.11 Å². The van der Waals surface area contributed by atoms with Crippen LogP contribution in [0.25, 0.3) is 0 Å². The number of aliphatic hydroxyl groups excluding tert-OH is 1. The first-order chi connectivity index (χ1) is 2.00. The Labute approximate surface area is 30.0 Å². The predicted molar refractivity (Wildman–Crippen MR) is 16.3 cm³/mol. The van der Waals surface area contributed by atoms with E-state index in [1.165, 1.54) is 0 Å². The normalized spacial score (nSPS) is 2.50. The van der Waals surface area contributed by atoms with E-state index in [0.29, 0.717) is 0 Å². The van der Waals surface area contributed by atoms with Crippen molar-refractivity contribution < 1.29 is 9.32 Å². The van der Waals surface area contributed by atoms with Gasteiger partial charge in [0.05, 0.1) is 0 Å². The molecule has 0 heterocycles. The Morgan fingerprint density at radius 1 is 1.50 bits per heavy atom. The van der Waals surface area contributed by atoms with E-state index in [9.17, 15) is 0 Å². The van der Waals surface area contributed by atoms with Gasteiger partial charge in [-0.25, -0.2) is 0 Å². The van der Waals surface area contributed by atoms with E-state index in [1.54, 1.807) is 0 Å². The molecule has 0 aromatic heterocycles. The maximum Gasteiger partial charge on any atom is 0.197 e. The van der Waals surface area contributed by atoms with Crippen LogP contribution in [-0.4, -0.2) is 16.4 Å². The summed E-state index contributed by atoms with van der Waals surface area (Å²) < 4.78 is 7.83. The largest absolute Gasteiger partial charge is 0.400 e. The molecule has 0 spiro atoms. The molecule has 0 bridgehead atoms. The van der Waals surface area contributed by atoms with E-state index in [2.05, 4.69) is 12.5 Å². The first-order valence-corrected chi connectivity index (χ1v) is 0.947. The highest BCUT2D eigenvalue weighted by atomic mass is 32.1. The topological polar surface area (TPSA) is 37.3 Å². The lowest BCUT2D eigenvalue weighted by molar-refractivity contribution is 0.399. The van der Waals surface area contributed by atoms with Crippen molar-refractivity contribution in [3.63, 3.8) is 0 Å². The summed E-state index contributed by atoms with van der Waals surface area (Å²) in [6.45, 7) is 0. The van der Waals surface area contributed by atoms with E-state index in [1.807, 2.05) is 0 Å². The van der Waals surface area contributed by atoms with Gasteiger partial charge < -0.3 is 5.11 Å². The fraction of sp³-hybridized carbons (Fsp3) is 1.00. The Hall–Kier alpha value is -0.0200. The number of aliphatic hydroxyl groups is 1. The third-order valence-electron chi connectivity index (χ3n) is 0. The van der Waals surface area contributed by atoms with Crippen molar-refractivity contribution in [2.75, 3.05) is 7.11 Å². The van der Waals surface area contributed by atoms with Crippen LogP contribution in [0.4, 0.5) is 0 Å². The van der Waals surface area contributed by atoms with Crippen molar-refractivity contribution >= 4 is 12.5 Å². The number of hydrogen-bond donors (Lipinski definition) is 1. The molecule has 26 valence electrons. The van der Waals surface area contributed by atoms with E-state index in [-0.39, 0.29) is 0 Å². The van der Waals surface area contributed by atoms with Crippen LogP contribution in [0.1, 0.15) is 0 Å². The molecule has 2 nitrogen and oxygen atoms in total. The van der Waals surface area contributed by atoms with Crippen molar-refractivity contribution in [1.29, 1.82) is 0 Å². The van der Waals surface area contributed by atoms with Gasteiger partial charge >= 0.3 is 0 Å². The molecule has 1 N–H and O–H groups in total. The molecule has 3 heteroatoms. The zero-order valence-corrected chi connectivity index (χ0v) is 3.08. The van der Waals surface area contributed by atoms with Gasteiger partial charge in [0.2, 0.25) is 0 Å². The van der Waals surface area contributed by atoms with E-state index in [4.69, 9.17) is 9.32 Å². The van der Waals surface area contributed by atoms with Gasteiger partial charge in [-0.05, 0) is 0 Å². The van der Waals surface area contributed by atoms with Crippen molar-refractivity contribution in [1.82, 2.24) is 0 Å². The summed E-state index contributed by atoms with van der Waals surface area (Å²) in [6, 6.07) is 0. The molecule has 0 saturated heterocycles. The Morgan fingerprint density at radius 2 is 1.50 bits per heavy atom. The molecular formula is CH4O2S. The maximum atomic E-state index is 7.83. The second-order valence-electron chi connectivity index (χ2n) is 0. The van der Waals surface area contributed by atoms with Gasteiger partial charge in [-0.3, -0.25) is 0 Å². The van der Waals surface area contributed by atoms with Gasteiger partial charge in [0, 0.05) is 7.11 Å². The molecule has 0 unspecified atom stereocenters. The van der Waals surface area contributed by atoms with Crippen LogP contribution >= 0.6 is 0 Å². The summed E-state index contributed by atoms with van der Waals surface area (Å²) in [7, 11) is 1.00. The first kappa shape index (κ1) is 9.02. The van der Waals surface area contributed by atoms with Crippen LogP contribution in [0, 0.1) is 0 Å². The van der Waals surface area contributed by atoms with Crippen LogP contribution < -0.4 is 0 Å². The van der Waals surface area contributed by atoms with Gasteiger partial charge in [0.25, 0.3) is 0 Å². The van der Waals surface area contributed by atoms with Crippen molar-refractivity contribution in [3.8, 4) is 0 Å². The summed E-state index contributed by atoms with van der Waals surface area (Å²) in [4.78, 5) is 0. The van der Waals surface area contributed by atoms with Gasteiger partial charge in [-0.2, -0.15) is 4.21 Å². The van der Waals surface area contributed by atoms with Crippen molar-refractivity contribution in [2.24, 2.45) is 0 Å². The summed E-state index contributed by atoms with van der Waals surface area (Å²) >= 11 is 2.83. The van der Waals surface area contributed by atoms with Gasteiger partial charge in [-0.1, -0.05) is 0 Å². The predicted octanol–water partition coefficient (Wildman–Crippen LogP) is -0.728. The summed E-state index contributed by atoms with van der Waals surface area (Å²) in [5, 5.41) is 7.00. The Balaban J connectivity index is 0. The Kier molecular flexibility index (Phi) is 65800. The average Bonchev–Trinajstić information content (AvgIpc) is 1.50. The third-order valence-corrected chi connectivity index (χ3v) is 0. The highest BCUT2D eigenvalue weighted by molar-refractivity contribution is 7.44. The maximum absolute atomic E-state index is 7.83. The van der Waals surface area contributed by atoms with Crippen LogP contribution in [0.5, 0.6) is 0 Å². The minimum absolute atomic E-state index is 1.00. The second kappa shape index (κ2) is 29200. The molecule has 0 fully saturated rings. The molecule has 0 aliphatic rings. The van der Waals surface area contributed by atoms with E-state index < -0.39 is 0 Å². The Bertz CT molecular complexity index is 6.00. The summed E-state index contributed by atoms with van der Waals surface area (Å²) in [5.74, 6) is 0. The summed E-state index contributed by atoms with van der Waals surface area (Å²) in [5.41, 5.74) is 0. The highest BCUT2D eigenvalue weighted by Crippen LogP contribution is 0.755. The fourth-order valence-electron chi connectivity index (χ4n) is 0. The first-order valence-electron chi connectivity index (χ1n) is 0.614. The number of hydrogen-bond acceptors (Lipinski definition) is 3. The quantitative estimate of drug-likeness (QED) is 0.417. The SMILES string of the molecule is CO.O=S. The van der Waals surface area contributed by atoms with Gasteiger partial charge in [0.15, 0.2) is 12.5 Å². The molecule has 0 aliphatic heterocycles. The third kappa shape index (κ3) is 4750. The molecule has 0 atom stereocenters. The molecule has 0 radical (unpaired) electrons. The van der Waals surface area contributed by atoms with Gasteiger partial charge in [0.1, 0.15) is 0 Å². The molecule has 0 aliphatic carbocycles. The molecule has 0 saturated carbocycles. The molecule has 4 heavy (non-hydrogen) atoms. The van der Waals surface area contributed by atoms with Crippen molar-refractivity contribution in [2.45, 2.75) is 0 Å². The zero-order chi connectivity index (χ0) is 4.00. The van der Waals surface area contributed by atoms with Crippen LogP contribution in [0.2, 0.25) is 0 Å². The lowest BCUT2D eigenvalue weighted by atomic mass is 11.8. The van der Waals surface area contributed by atoms with Crippen LogP contribution in [0.3, 0.4) is 0 Å². The minimum Gasteiger partial charge on any atom is -0.400 e. The molecule has 0 rings (SSSR count). The molecular weight excluding hydrogens is 76.1 g/mol. The van der Waals surface area contributed by atoms with Crippen molar-refractivity contribution in [3.05, 3.63) is 0 Å². The second-order valence-corrected chi connectivity index (χ2v) is 0. The zero-order valence-electron chi connectivity index (χ0n) is 2.26. The standard InChI is InChI=1S/CH4O.OS/c2*1-2/h2H,1H3;. The minimum atomic E-state index is 1.00. The van der Waals surface area contributed by atoms with Gasteiger partial charge in [-0.15, -0.1) is 0 Å². The molecule has 0 aromatic carbocycles. The monoisotopic (exact) mass is 80.0 g/mol. The molecule has 0 amide bonds. The van der Waals surface area contributed by atoms with E-state index >= 15 is 0 Å². The lowest BCUT2D eigenvalue weighted by Gasteiger charge is -1.21. The number of rotatable bonds is 0. The highest BCUT2D eigenvalue weighted by Gasteiger charge is 0.839. The van der Waals surface area contributed by atoms with Crippen LogP contribution in [0.15, 0.2) is 0 Å². The summed E-state index contributed by atoms with van der Waals surface area (Å²) in [6.07, 6.45) is 0. The average molecular weight is 80.1 g/mol. The molecule has 0 aromatic rings. The smallest absolute Gasteiger partial charge is 0.197 e. The van der Waals surface area contributed by atoms with Crippen LogP contribution in [-0.2, 0) is 12.5 Å². The Morgan fingerprint density at radius 3 is 1.50 bits per heavy atom.